The number of carbonyl (C=O) groups excluding carboxylic acids is 3. The van der Waals surface area contributed by atoms with E-state index in [1.165, 1.54) is 0 Å². The lowest BCUT2D eigenvalue weighted by Crippen LogP contribution is -2.49. The molecule has 2 aliphatic rings. The molecule has 0 unspecified atom stereocenters. The van der Waals surface area contributed by atoms with Crippen LogP contribution in [0.3, 0.4) is 0 Å². The number of rotatable bonds is 7. The number of hydrogen-bond donors (Lipinski definition) is 0. The normalized spacial score (nSPS) is 16.2. The number of fused-ring (bicyclic) bond motifs is 1. The van der Waals surface area contributed by atoms with Crippen LogP contribution >= 0.6 is 12.4 Å². The maximum atomic E-state index is 12.6. The third-order valence-electron chi connectivity index (χ3n) is 5.55. The summed E-state index contributed by atoms with van der Waals surface area (Å²) >= 11 is 0. The van der Waals surface area contributed by atoms with E-state index in [-0.39, 0.29) is 49.2 Å². The summed E-state index contributed by atoms with van der Waals surface area (Å²) in [5.74, 6) is -0.0415. The number of amides is 2. The molecule has 0 N–H and O–H groups in total. The van der Waals surface area contributed by atoms with Gasteiger partial charge in [0.25, 0.3) is 11.8 Å². The molecule has 8 heteroatoms. The third kappa shape index (κ3) is 4.95. The summed E-state index contributed by atoms with van der Waals surface area (Å²) < 4.78 is 5.93. The van der Waals surface area contributed by atoms with Crippen LogP contribution in [0.15, 0.2) is 48.5 Å². The minimum atomic E-state index is -0.388. The predicted octanol–water partition coefficient (Wildman–Crippen LogP) is 2.88. The van der Waals surface area contributed by atoms with Crippen molar-refractivity contribution in [3.8, 4) is 5.75 Å². The molecule has 4 rings (SSSR count). The van der Waals surface area contributed by atoms with Gasteiger partial charge >= 0.3 is 0 Å². The molecule has 2 aromatic carbocycles. The molecule has 2 heterocycles. The molecule has 0 radical (unpaired) electrons. The highest BCUT2D eigenvalue weighted by atomic mass is 35.5. The van der Waals surface area contributed by atoms with E-state index in [2.05, 4.69) is 15.9 Å². The molecule has 0 aliphatic carbocycles. The van der Waals surface area contributed by atoms with Crippen molar-refractivity contribution in [2.75, 3.05) is 44.2 Å². The van der Waals surface area contributed by atoms with Gasteiger partial charge in [0.15, 0.2) is 5.78 Å². The second kappa shape index (κ2) is 10.1. The first kappa shape index (κ1) is 23.8. The average molecular weight is 458 g/mol. The van der Waals surface area contributed by atoms with Crippen molar-refractivity contribution in [3.63, 3.8) is 0 Å². The average Bonchev–Trinajstić information content (AvgIpc) is 2.99. The van der Waals surface area contributed by atoms with Gasteiger partial charge in [-0.1, -0.05) is 24.3 Å². The minimum absolute atomic E-state index is 0. The lowest BCUT2D eigenvalue weighted by atomic mass is 10.1. The fourth-order valence-corrected chi connectivity index (χ4v) is 4.08. The van der Waals surface area contributed by atoms with Crippen molar-refractivity contribution in [1.29, 1.82) is 0 Å². The first-order valence-electron chi connectivity index (χ1n) is 10.6. The van der Waals surface area contributed by atoms with Gasteiger partial charge in [0.2, 0.25) is 0 Å². The van der Waals surface area contributed by atoms with Crippen LogP contribution in [0.2, 0.25) is 0 Å². The van der Waals surface area contributed by atoms with Gasteiger partial charge in [-0.15, -0.1) is 12.4 Å². The zero-order valence-corrected chi connectivity index (χ0v) is 19.1. The number of hydrogen-bond acceptors (Lipinski definition) is 6. The molecule has 0 atom stereocenters. The summed E-state index contributed by atoms with van der Waals surface area (Å²) in [5.41, 5.74) is 1.81. The van der Waals surface area contributed by atoms with Gasteiger partial charge in [-0.25, -0.2) is 0 Å². The van der Waals surface area contributed by atoms with Crippen LogP contribution in [0.1, 0.15) is 34.6 Å². The topological polar surface area (TPSA) is 70.2 Å². The van der Waals surface area contributed by atoms with E-state index in [0.29, 0.717) is 11.1 Å². The number of benzene rings is 2. The van der Waals surface area contributed by atoms with Gasteiger partial charge in [-0.3, -0.25) is 24.2 Å². The Bertz CT molecular complexity index is 967. The van der Waals surface area contributed by atoms with Crippen LogP contribution < -0.4 is 9.64 Å². The van der Waals surface area contributed by atoms with E-state index in [1.807, 2.05) is 32.0 Å². The minimum Gasteiger partial charge on any atom is -0.489 e. The molecule has 2 amide bonds. The van der Waals surface area contributed by atoms with E-state index < -0.39 is 0 Å². The maximum absolute atomic E-state index is 12.6. The van der Waals surface area contributed by atoms with Crippen molar-refractivity contribution in [3.05, 3.63) is 59.7 Å². The van der Waals surface area contributed by atoms with Crippen LogP contribution in [-0.4, -0.2) is 72.8 Å². The Kier molecular flexibility index (Phi) is 7.53. The number of Topliss-reactive ketones (excluding diaryl/α,β-unsaturated/α-hetero) is 1. The van der Waals surface area contributed by atoms with Crippen LogP contribution in [0.5, 0.6) is 5.75 Å². The second-order valence-corrected chi connectivity index (χ2v) is 8.18. The molecule has 170 valence electrons. The van der Waals surface area contributed by atoms with Crippen molar-refractivity contribution >= 4 is 35.7 Å². The molecule has 0 spiro atoms. The van der Waals surface area contributed by atoms with E-state index >= 15 is 0 Å². The van der Waals surface area contributed by atoms with E-state index in [0.717, 1.165) is 42.5 Å². The molecule has 0 saturated carbocycles. The van der Waals surface area contributed by atoms with Crippen LogP contribution in [0.4, 0.5) is 5.69 Å². The summed E-state index contributed by atoms with van der Waals surface area (Å²) in [6.45, 7) is 7.07. The predicted molar refractivity (Wildman–Crippen MR) is 125 cm³/mol. The molecular weight excluding hydrogens is 430 g/mol. The molecule has 0 aromatic heterocycles. The zero-order valence-electron chi connectivity index (χ0n) is 18.3. The molecule has 0 bridgehead atoms. The van der Waals surface area contributed by atoms with Gasteiger partial charge < -0.3 is 9.64 Å². The Labute approximate surface area is 194 Å². The number of anilines is 1. The number of carbonyl (C=O) groups is 3. The number of halogens is 1. The molecule has 1 fully saturated rings. The van der Waals surface area contributed by atoms with Gasteiger partial charge in [0.05, 0.1) is 36.0 Å². The number of piperazine rings is 1. The fraction of sp³-hybridized carbons (Fsp3) is 0.375. The Hall–Kier alpha value is -2.90. The van der Waals surface area contributed by atoms with E-state index in [9.17, 15) is 14.4 Å². The highest BCUT2D eigenvalue weighted by Crippen LogP contribution is 2.29. The fourth-order valence-electron chi connectivity index (χ4n) is 4.08. The Morgan fingerprint density at radius 2 is 1.44 bits per heavy atom. The lowest BCUT2D eigenvalue weighted by molar-refractivity contribution is -0.120. The van der Waals surface area contributed by atoms with Crippen LogP contribution in [0.25, 0.3) is 0 Å². The summed E-state index contributed by atoms with van der Waals surface area (Å²) in [4.78, 5) is 42.9. The molecular formula is C24H28ClN3O4. The second-order valence-electron chi connectivity index (χ2n) is 8.18. The maximum Gasteiger partial charge on any atom is 0.261 e. The summed E-state index contributed by atoms with van der Waals surface area (Å²) in [7, 11) is 0. The largest absolute Gasteiger partial charge is 0.489 e. The first-order valence-corrected chi connectivity index (χ1v) is 10.6. The van der Waals surface area contributed by atoms with E-state index in [4.69, 9.17) is 4.74 Å². The number of ketones is 1. The van der Waals surface area contributed by atoms with Crippen molar-refractivity contribution in [2.45, 2.75) is 20.0 Å². The highest BCUT2D eigenvalue weighted by Gasteiger charge is 2.36. The third-order valence-corrected chi connectivity index (χ3v) is 5.55. The molecule has 2 aromatic rings. The molecule has 2 aliphatic heterocycles. The zero-order chi connectivity index (χ0) is 22.0. The summed E-state index contributed by atoms with van der Waals surface area (Å²) in [5, 5.41) is 0. The Morgan fingerprint density at radius 1 is 0.875 bits per heavy atom. The van der Waals surface area contributed by atoms with Gasteiger partial charge in [-0.2, -0.15) is 0 Å². The molecule has 7 nitrogen and oxygen atoms in total. The lowest BCUT2D eigenvalue weighted by Gasteiger charge is -2.36. The number of para-hydroxylation sites is 2. The van der Waals surface area contributed by atoms with E-state index in [1.54, 1.807) is 24.3 Å². The van der Waals surface area contributed by atoms with Crippen LogP contribution in [-0.2, 0) is 4.79 Å². The molecule has 32 heavy (non-hydrogen) atoms. The van der Waals surface area contributed by atoms with Gasteiger partial charge in [0.1, 0.15) is 5.75 Å². The SMILES string of the molecule is CC(C)Oc1ccccc1N1CCN(CC(=O)CN2C(=O)c3ccccc3C2=O)CC1.Cl. The van der Waals surface area contributed by atoms with Crippen LogP contribution in [0, 0.1) is 0 Å². The summed E-state index contributed by atoms with van der Waals surface area (Å²) in [6, 6.07) is 14.7. The van der Waals surface area contributed by atoms with Crippen molar-refractivity contribution < 1.29 is 19.1 Å². The standard InChI is InChI=1S/C24H27N3O4.ClH/c1-17(2)31-22-10-6-5-9-21(22)26-13-11-25(12-14-26)15-18(28)16-27-23(29)19-7-3-4-8-20(19)24(27)30;/h3-10,17H,11-16H2,1-2H3;1H. The van der Waals surface area contributed by atoms with Crippen molar-refractivity contribution in [2.24, 2.45) is 0 Å². The van der Waals surface area contributed by atoms with Gasteiger partial charge in [-0.05, 0) is 38.1 Å². The number of ether oxygens (including phenoxy) is 1. The molecule has 1 saturated heterocycles. The van der Waals surface area contributed by atoms with Crippen molar-refractivity contribution in [1.82, 2.24) is 9.80 Å². The quantitative estimate of drug-likeness (QED) is 0.595. The number of imide groups is 1. The monoisotopic (exact) mass is 457 g/mol. The van der Waals surface area contributed by atoms with Gasteiger partial charge in [0, 0.05) is 26.2 Å². The first-order chi connectivity index (χ1) is 14.9. The Morgan fingerprint density at radius 3 is 2.03 bits per heavy atom. The summed E-state index contributed by atoms with van der Waals surface area (Å²) in [6.07, 6.45) is 0.0993. The highest BCUT2D eigenvalue weighted by molar-refractivity contribution is 6.22. The Balaban J connectivity index is 0.00000289. The smallest absolute Gasteiger partial charge is 0.261 e. The number of nitrogens with zero attached hydrogens (tertiary/aromatic N) is 3.